The van der Waals surface area contributed by atoms with Gasteiger partial charge in [0.05, 0.1) is 34.2 Å². The van der Waals surface area contributed by atoms with E-state index < -0.39 is 59.3 Å². The standard InChI is InChI=1S/2C19H19F3N4.3C4H4O4/c2*1-25-10-7-15(8-11-25)26-17-6-9-23-12-16(17)18(24-26)13-2-4-14(5-3-13)19(20,21)22;3*5-3(6)1-2-4(7)8/h2*2-6,9,12,15H,7-8,10-11H2,1H3;3*1-2H,(H,5,6)(H,7,8)/b;;3*2-1+. The van der Waals surface area contributed by atoms with Crippen molar-refractivity contribution in [1.82, 2.24) is 39.3 Å². The van der Waals surface area contributed by atoms with Gasteiger partial charge in [-0.3, -0.25) is 19.3 Å². The first kappa shape index (κ1) is 59.8. The molecule has 2 aromatic carbocycles. The van der Waals surface area contributed by atoms with E-state index in [0.717, 1.165) is 97.9 Å². The summed E-state index contributed by atoms with van der Waals surface area (Å²) in [5.74, 6) is -7.54. The molecule has 4 aromatic heterocycles. The zero-order chi connectivity index (χ0) is 56.3. The number of likely N-dealkylation sites (tertiary alicyclic amines) is 2. The number of fused-ring (bicyclic) bond motifs is 2. The highest BCUT2D eigenvalue weighted by molar-refractivity contribution is 5.94. The van der Waals surface area contributed by atoms with Crippen molar-refractivity contribution in [3.05, 3.63) is 133 Å². The van der Waals surface area contributed by atoms with E-state index in [1.807, 2.05) is 21.5 Å². The molecule has 6 heterocycles. The number of carbonyl (C=O) groups is 6. The second kappa shape index (κ2) is 27.5. The van der Waals surface area contributed by atoms with Gasteiger partial charge in [0.25, 0.3) is 0 Å². The quantitative estimate of drug-likeness (QED) is 0.0561. The first-order chi connectivity index (χ1) is 35.7. The van der Waals surface area contributed by atoms with E-state index >= 15 is 0 Å². The second-order valence-corrected chi connectivity index (χ2v) is 16.6. The number of carboxylic acid groups (broad SMARTS) is 6. The lowest BCUT2D eigenvalue weighted by Crippen LogP contribution is -2.31. The summed E-state index contributed by atoms with van der Waals surface area (Å²) in [5.41, 5.74) is 3.35. The number of alkyl halides is 6. The Morgan fingerprint density at radius 3 is 0.961 bits per heavy atom. The molecule has 6 aromatic rings. The number of rotatable bonds is 10. The van der Waals surface area contributed by atoms with Crippen LogP contribution in [0, 0.1) is 0 Å². The monoisotopic (exact) mass is 1070 g/mol. The Morgan fingerprint density at radius 2 is 0.724 bits per heavy atom. The Balaban J connectivity index is 0.000000232. The van der Waals surface area contributed by atoms with E-state index in [1.165, 1.54) is 24.3 Å². The van der Waals surface area contributed by atoms with E-state index in [2.05, 4.69) is 33.9 Å². The van der Waals surface area contributed by atoms with Crippen molar-refractivity contribution in [2.24, 2.45) is 0 Å². The Labute approximate surface area is 427 Å². The summed E-state index contributed by atoms with van der Waals surface area (Å²) in [6.07, 6.45) is 5.61. The van der Waals surface area contributed by atoms with Gasteiger partial charge in [-0.2, -0.15) is 36.5 Å². The summed E-state index contributed by atoms with van der Waals surface area (Å²) in [4.78, 5) is 70.3. The number of carboxylic acids is 6. The van der Waals surface area contributed by atoms with Crippen LogP contribution in [0.3, 0.4) is 0 Å². The molecule has 0 atom stereocenters. The summed E-state index contributed by atoms with van der Waals surface area (Å²) in [6.45, 7) is 4.03. The van der Waals surface area contributed by atoms with Crippen LogP contribution in [0.5, 0.6) is 0 Å². The zero-order valence-electron chi connectivity index (χ0n) is 40.3. The van der Waals surface area contributed by atoms with Crippen LogP contribution in [0.2, 0.25) is 0 Å². The first-order valence-electron chi connectivity index (χ1n) is 22.5. The van der Waals surface area contributed by atoms with E-state index in [9.17, 15) is 55.1 Å². The molecular formula is C50H50F6N8O12. The van der Waals surface area contributed by atoms with E-state index in [0.29, 0.717) is 71.1 Å². The Hall–Kier alpha value is -8.78. The molecule has 0 bridgehead atoms. The number of pyridine rings is 2. The lowest BCUT2D eigenvalue weighted by molar-refractivity contribution is -0.138. The number of halogens is 6. The fourth-order valence-electron chi connectivity index (χ4n) is 7.49. The summed E-state index contributed by atoms with van der Waals surface area (Å²) < 4.78 is 81.0. The smallest absolute Gasteiger partial charge is 0.416 e. The van der Waals surface area contributed by atoms with Crippen molar-refractivity contribution < 1.29 is 85.7 Å². The lowest BCUT2D eigenvalue weighted by atomic mass is 10.1. The molecule has 6 N–H and O–H groups in total. The van der Waals surface area contributed by atoms with Crippen molar-refractivity contribution in [3.63, 3.8) is 0 Å². The number of nitrogens with zero attached hydrogens (tertiary/aromatic N) is 8. The summed E-state index contributed by atoms with van der Waals surface area (Å²) >= 11 is 0. The number of hydrogen-bond donors (Lipinski definition) is 6. The van der Waals surface area contributed by atoms with Crippen molar-refractivity contribution in [1.29, 1.82) is 0 Å². The van der Waals surface area contributed by atoms with Gasteiger partial charge in [-0.1, -0.05) is 24.3 Å². The fourth-order valence-corrected chi connectivity index (χ4v) is 7.49. The predicted molar refractivity (Wildman–Crippen MR) is 261 cm³/mol. The van der Waals surface area contributed by atoms with Gasteiger partial charge in [0, 0.05) is 83.1 Å². The molecule has 2 saturated heterocycles. The van der Waals surface area contributed by atoms with E-state index in [4.69, 9.17) is 40.8 Å². The van der Waals surface area contributed by atoms with E-state index in [-0.39, 0.29) is 0 Å². The van der Waals surface area contributed by atoms with Crippen LogP contribution in [-0.2, 0) is 41.1 Å². The molecule has 0 aliphatic carbocycles. The molecule has 0 amide bonds. The van der Waals surface area contributed by atoms with Crippen LogP contribution < -0.4 is 0 Å². The number of aromatic nitrogens is 6. The van der Waals surface area contributed by atoms with Crippen LogP contribution in [-0.4, -0.2) is 146 Å². The van der Waals surface area contributed by atoms with Gasteiger partial charge < -0.3 is 40.4 Å². The van der Waals surface area contributed by atoms with Crippen LogP contribution in [0.15, 0.2) is 122 Å². The minimum Gasteiger partial charge on any atom is -0.478 e. The maximum Gasteiger partial charge on any atom is 0.416 e. The molecule has 2 aliphatic rings. The minimum absolute atomic E-state index is 0.291. The number of benzene rings is 2. The Morgan fingerprint density at radius 1 is 0.461 bits per heavy atom. The molecule has 26 heteroatoms. The average molecular weight is 1070 g/mol. The number of aliphatic carboxylic acids is 6. The van der Waals surface area contributed by atoms with Crippen molar-refractivity contribution in [3.8, 4) is 22.5 Å². The van der Waals surface area contributed by atoms with Crippen molar-refractivity contribution in [2.45, 2.75) is 50.1 Å². The van der Waals surface area contributed by atoms with Crippen molar-refractivity contribution in [2.75, 3.05) is 40.3 Å². The molecule has 8 rings (SSSR count). The molecule has 2 fully saturated rings. The SMILES string of the molecule is CN1CCC(n2nc(-c3ccc(C(F)(F)F)cc3)c3cnccc32)CC1.CN1CCC(n2nc(-c3ccc(C(F)(F)F)cc3)c3cnccc32)CC1.O=C(O)/C=C/C(=O)O.O=C(O)/C=C/C(=O)O.O=C(O)/C=C/C(=O)O. The van der Waals surface area contributed by atoms with Gasteiger partial charge >= 0.3 is 48.2 Å². The molecule has 0 radical (unpaired) electrons. The molecule has 76 heavy (non-hydrogen) atoms. The topological polar surface area (TPSA) is 292 Å². The molecular weight excluding hydrogens is 1020 g/mol. The number of hydrogen-bond acceptors (Lipinski definition) is 12. The fraction of sp³-hybridized carbons (Fsp3) is 0.280. The van der Waals surface area contributed by atoms with Gasteiger partial charge in [-0.15, -0.1) is 0 Å². The molecule has 0 spiro atoms. The molecule has 0 saturated carbocycles. The minimum atomic E-state index is -4.34. The van der Waals surface area contributed by atoms with Gasteiger partial charge in [0.15, 0.2) is 0 Å². The average Bonchev–Trinajstić information content (AvgIpc) is 3.95. The van der Waals surface area contributed by atoms with Crippen LogP contribution in [0.25, 0.3) is 44.3 Å². The summed E-state index contributed by atoms with van der Waals surface area (Å²) in [6, 6.07) is 14.8. The second-order valence-electron chi connectivity index (χ2n) is 16.6. The van der Waals surface area contributed by atoms with Gasteiger partial charge in [-0.25, -0.2) is 28.8 Å². The van der Waals surface area contributed by atoms with Crippen LogP contribution >= 0.6 is 0 Å². The zero-order valence-corrected chi connectivity index (χ0v) is 40.3. The van der Waals surface area contributed by atoms with Crippen LogP contribution in [0.4, 0.5) is 26.3 Å². The Kier molecular flexibility index (Phi) is 21.6. The predicted octanol–water partition coefficient (Wildman–Crippen LogP) is 7.90. The third-order valence-electron chi connectivity index (χ3n) is 11.2. The van der Waals surface area contributed by atoms with Crippen molar-refractivity contribution >= 4 is 57.6 Å². The molecule has 20 nitrogen and oxygen atoms in total. The maximum absolute atomic E-state index is 12.8. The van der Waals surface area contributed by atoms with Gasteiger partial charge in [0.2, 0.25) is 0 Å². The highest BCUT2D eigenvalue weighted by Gasteiger charge is 2.32. The van der Waals surface area contributed by atoms with Crippen LogP contribution in [0.1, 0.15) is 48.9 Å². The van der Waals surface area contributed by atoms with Gasteiger partial charge in [0.1, 0.15) is 11.4 Å². The molecule has 0 unspecified atom stereocenters. The lowest BCUT2D eigenvalue weighted by Gasteiger charge is -2.29. The normalized spacial score (nSPS) is 14.7. The Bertz CT molecular complexity index is 2760. The highest BCUT2D eigenvalue weighted by atomic mass is 19.4. The third-order valence-corrected chi connectivity index (χ3v) is 11.2. The number of piperidine rings is 2. The maximum atomic E-state index is 12.8. The third kappa shape index (κ3) is 18.6. The summed E-state index contributed by atoms with van der Waals surface area (Å²) in [5, 5.41) is 58.2. The van der Waals surface area contributed by atoms with E-state index in [1.54, 1.807) is 24.8 Å². The first-order valence-corrected chi connectivity index (χ1v) is 22.5. The largest absolute Gasteiger partial charge is 0.478 e. The summed E-state index contributed by atoms with van der Waals surface area (Å²) in [7, 11) is 4.21. The highest BCUT2D eigenvalue weighted by Crippen LogP contribution is 2.37. The molecule has 404 valence electrons. The van der Waals surface area contributed by atoms with Gasteiger partial charge in [-0.05, 0) is 102 Å². The molecule has 2 aliphatic heterocycles.